The third-order valence-electron chi connectivity index (χ3n) is 8.48. The average molecular weight is 417 g/mol. The summed E-state index contributed by atoms with van der Waals surface area (Å²) in [4.78, 5) is 16.2. The minimum absolute atomic E-state index is 0. The summed E-state index contributed by atoms with van der Waals surface area (Å²) in [7, 11) is 2.03. The van der Waals surface area contributed by atoms with Gasteiger partial charge in [0, 0.05) is 13.1 Å². The summed E-state index contributed by atoms with van der Waals surface area (Å²) in [6, 6.07) is 9.28. The highest BCUT2D eigenvalue weighted by Gasteiger charge is 2.61. The van der Waals surface area contributed by atoms with Crippen LogP contribution in [0.3, 0.4) is 0 Å². The van der Waals surface area contributed by atoms with Gasteiger partial charge >= 0.3 is 0 Å². The van der Waals surface area contributed by atoms with E-state index in [0.29, 0.717) is 11.8 Å². The van der Waals surface area contributed by atoms with Gasteiger partial charge in [-0.05, 0) is 101 Å². The van der Waals surface area contributed by atoms with Gasteiger partial charge in [0.05, 0.1) is 5.41 Å². The minimum Gasteiger partial charge on any atom is -0.342 e. The number of halogens is 1. The Morgan fingerprint density at radius 1 is 1.14 bits per heavy atom. The maximum atomic E-state index is 13.9. The summed E-state index contributed by atoms with van der Waals surface area (Å²) in [5.41, 5.74) is 3.03. The Labute approximate surface area is 182 Å². The number of hydrogen-bond donors (Lipinski definition) is 1. The van der Waals surface area contributed by atoms with Gasteiger partial charge in [0.25, 0.3) is 0 Å². The monoisotopic (exact) mass is 416 g/mol. The lowest BCUT2D eigenvalue weighted by atomic mass is 9.42. The molecular weight excluding hydrogens is 380 g/mol. The highest BCUT2D eigenvalue weighted by molar-refractivity contribution is 5.85. The van der Waals surface area contributed by atoms with Crippen molar-refractivity contribution in [3.63, 3.8) is 0 Å². The molecule has 1 aromatic carbocycles. The number of piperidine rings is 1. The van der Waals surface area contributed by atoms with Gasteiger partial charge in [-0.2, -0.15) is 0 Å². The molecule has 4 bridgehead atoms. The number of carbonyl (C=O) groups is 1. The number of nitrogens with one attached hydrogen (secondary N) is 1. The first-order valence-electron chi connectivity index (χ1n) is 11.5. The molecular formula is C25H37ClN2O. The molecule has 5 aliphatic rings. The molecule has 3 nitrogen and oxygen atoms in total. The van der Waals surface area contributed by atoms with Gasteiger partial charge in [-0.25, -0.2) is 0 Å². The van der Waals surface area contributed by atoms with E-state index in [-0.39, 0.29) is 23.2 Å². The molecule has 1 N–H and O–H groups in total. The number of nitrogens with zero attached hydrogens (tertiary/aromatic N) is 1. The van der Waals surface area contributed by atoms with Crippen LogP contribution < -0.4 is 5.32 Å². The third-order valence-corrected chi connectivity index (χ3v) is 8.48. The lowest BCUT2D eigenvalue weighted by Crippen LogP contribution is -2.60. The van der Waals surface area contributed by atoms with E-state index in [1.165, 1.54) is 43.2 Å². The first kappa shape index (κ1) is 21.2. The van der Waals surface area contributed by atoms with Crippen LogP contribution in [0.4, 0.5) is 0 Å². The predicted octanol–water partition coefficient (Wildman–Crippen LogP) is 4.71. The fourth-order valence-corrected chi connectivity index (χ4v) is 7.80. The Balaban J connectivity index is 0.00000205. The molecule has 4 saturated carbocycles. The number of rotatable bonds is 4. The van der Waals surface area contributed by atoms with Crippen LogP contribution in [0, 0.1) is 30.1 Å². The zero-order chi connectivity index (χ0) is 19.4. The van der Waals surface area contributed by atoms with Crippen molar-refractivity contribution in [3.8, 4) is 0 Å². The zero-order valence-corrected chi connectivity index (χ0v) is 18.9. The summed E-state index contributed by atoms with van der Waals surface area (Å²) < 4.78 is 0. The molecule has 5 fully saturated rings. The second-order valence-corrected chi connectivity index (χ2v) is 10.7. The number of aryl methyl sites for hydroxylation is 1. The van der Waals surface area contributed by atoms with E-state index in [1.54, 1.807) is 0 Å². The van der Waals surface area contributed by atoms with Gasteiger partial charge in [0.15, 0.2) is 0 Å². The fourth-order valence-electron chi connectivity index (χ4n) is 7.80. The summed E-state index contributed by atoms with van der Waals surface area (Å²) >= 11 is 0. The van der Waals surface area contributed by atoms with Crippen LogP contribution in [-0.2, 0) is 10.2 Å². The largest absolute Gasteiger partial charge is 0.342 e. The lowest BCUT2D eigenvalue weighted by Gasteiger charge is -2.62. The number of amides is 1. The van der Waals surface area contributed by atoms with Gasteiger partial charge in [-0.3, -0.25) is 4.79 Å². The van der Waals surface area contributed by atoms with Crippen molar-refractivity contribution in [1.82, 2.24) is 10.2 Å². The van der Waals surface area contributed by atoms with Crippen molar-refractivity contribution < 1.29 is 4.79 Å². The molecule has 4 heteroatoms. The molecule has 0 spiro atoms. The fraction of sp³-hybridized carbons (Fsp3) is 0.720. The quantitative estimate of drug-likeness (QED) is 0.770. The standard InChI is InChI=1S/C25H36N2O.ClH/c1-18-5-7-22(8-6-18)24-11-20-10-21(12-24)14-25(13-20,17-24)23(28)27-9-3-4-19(16-27)15-26-2;/h5-8,19-21,26H,3-4,9-17H2,1-2H3;1H. The first-order valence-corrected chi connectivity index (χ1v) is 11.5. The van der Waals surface area contributed by atoms with Crippen LogP contribution >= 0.6 is 12.4 Å². The zero-order valence-electron chi connectivity index (χ0n) is 18.1. The van der Waals surface area contributed by atoms with Crippen molar-refractivity contribution in [2.45, 2.75) is 63.7 Å². The Morgan fingerprint density at radius 3 is 2.48 bits per heavy atom. The molecule has 4 aliphatic carbocycles. The Bertz CT molecular complexity index is 730. The van der Waals surface area contributed by atoms with E-state index >= 15 is 0 Å². The van der Waals surface area contributed by atoms with Gasteiger partial charge in [0.1, 0.15) is 0 Å². The molecule has 3 unspecified atom stereocenters. The number of benzene rings is 1. The smallest absolute Gasteiger partial charge is 0.228 e. The van der Waals surface area contributed by atoms with Crippen molar-refractivity contribution >= 4 is 18.3 Å². The molecule has 1 aliphatic heterocycles. The van der Waals surface area contributed by atoms with Crippen LogP contribution in [-0.4, -0.2) is 37.5 Å². The summed E-state index contributed by atoms with van der Waals surface area (Å²) in [6.07, 6.45) is 9.83. The molecule has 29 heavy (non-hydrogen) atoms. The first-order chi connectivity index (χ1) is 13.5. The molecule has 6 rings (SSSR count). The highest BCUT2D eigenvalue weighted by atomic mass is 35.5. The van der Waals surface area contributed by atoms with Crippen LogP contribution in [0.25, 0.3) is 0 Å². The minimum atomic E-state index is -0.0729. The van der Waals surface area contributed by atoms with Gasteiger partial charge in [-0.1, -0.05) is 29.8 Å². The molecule has 0 radical (unpaired) electrons. The van der Waals surface area contributed by atoms with Crippen LogP contribution in [0.1, 0.15) is 62.5 Å². The molecule has 0 aromatic heterocycles. The van der Waals surface area contributed by atoms with Crippen molar-refractivity contribution in [2.24, 2.45) is 23.2 Å². The molecule has 1 aromatic rings. The van der Waals surface area contributed by atoms with Crippen molar-refractivity contribution in [2.75, 3.05) is 26.7 Å². The van der Waals surface area contributed by atoms with E-state index in [4.69, 9.17) is 0 Å². The van der Waals surface area contributed by atoms with Crippen LogP contribution in [0.2, 0.25) is 0 Å². The number of hydrogen-bond acceptors (Lipinski definition) is 2. The van der Waals surface area contributed by atoms with Gasteiger partial charge < -0.3 is 10.2 Å². The SMILES string of the molecule is CNCC1CCCN(C(=O)C23CC4CC(C2)CC(c2ccc(C)cc2)(C4)C3)C1.Cl. The topological polar surface area (TPSA) is 32.3 Å². The van der Waals surface area contributed by atoms with Crippen molar-refractivity contribution in [1.29, 1.82) is 0 Å². The molecule has 1 saturated heterocycles. The van der Waals surface area contributed by atoms with Crippen LogP contribution in [0.15, 0.2) is 24.3 Å². The number of likely N-dealkylation sites (tertiary alicyclic amines) is 1. The Kier molecular flexibility index (Phi) is 5.76. The average Bonchev–Trinajstić information content (AvgIpc) is 2.67. The summed E-state index contributed by atoms with van der Waals surface area (Å²) in [6.45, 7) is 5.16. The second kappa shape index (κ2) is 7.89. The van der Waals surface area contributed by atoms with E-state index < -0.39 is 0 Å². The summed E-state index contributed by atoms with van der Waals surface area (Å²) in [5.74, 6) is 2.65. The normalized spacial score (nSPS) is 38.0. The third kappa shape index (κ3) is 3.63. The molecule has 1 heterocycles. The highest BCUT2D eigenvalue weighted by Crippen LogP contribution is 2.66. The summed E-state index contributed by atoms with van der Waals surface area (Å²) in [5, 5.41) is 3.33. The van der Waals surface area contributed by atoms with E-state index in [9.17, 15) is 4.79 Å². The predicted molar refractivity (Wildman–Crippen MR) is 120 cm³/mol. The van der Waals surface area contributed by atoms with Gasteiger partial charge in [0.2, 0.25) is 5.91 Å². The van der Waals surface area contributed by atoms with Crippen molar-refractivity contribution in [3.05, 3.63) is 35.4 Å². The van der Waals surface area contributed by atoms with E-state index in [2.05, 4.69) is 41.4 Å². The van der Waals surface area contributed by atoms with E-state index in [0.717, 1.165) is 50.7 Å². The van der Waals surface area contributed by atoms with E-state index in [1.807, 2.05) is 7.05 Å². The molecule has 160 valence electrons. The maximum Gasteiger partial charge on any atom is 0.228 e. The molecule has 1 amide bonds. The Hall–Kier alpha value is -1.06. The lowest BCUT2D eigenvalue weighted by molar-refractivity contribution is -0.162. The van der Waals surface area contributed by atoms with Crippen LogP contribution in [0.5, 0.6) is 0 Å². The van der Waals surface area contributed by atoms with Gasteiger partial charge in [-0.15, -0.1) is 12.4 Å². The Morgan fingerprint density at radius 2 is 1.83 bits per heavy atom. The number of carbonyl (C=O) groups excluding carboxylic acids is 1. The molecule has 3 atom stereocenters. The second-order valence-electron chi connectivity index (χ2n) is 10.7. The maximum absolute atomic E-state index is 13.9.